The molecule has 0 saturated carbocycles. The summed E-state index contributed by atoms with van der Waals surface area (Å²) in [7, 11) is 3.14. The highest BCUT2D eigenvalue weighted by molar-refractivity contribution is 5.95. The Hall–Kier alpha value is -2.28. The lowest BCUT2D eigenvalue weighted by molar-refractivity contribution is -0.121. The summed E-state index contributed by atoms with van der Waals surface area (Å²) < 4.78 is 4.84. The van der Waals surface area contributed by atoms with Gasteiger partial charge in [-0.2, -0.15) is 0 Å². The Bertz CT molecular complexity index is 491. The van der Waals surface area contributed by atoms with Gasteiger partial charge < -0.3 is 26.4 Å². The average Bonchev–Trinajstić information content (AvgIpc) is 2.48. The summed E-state index contributed by atoms with van der Waals surface area (Å²) in [6.07, 6.45) is 0.334. The van der Waals surface area contributed by atoms with Gasteiger partial charge in [-0.05, 0) is 18.2 Å². The number of anilines is 2. The number of hydrogen-bond donors (Lipinski definition) is 4. The Morgan fingerprint density at radius 3 is 2.67 bits per heavy atom. The summed E-state index contributed by atoms with van der Waals surface area (Å²) in [4.78, 5) is 22.9. The zero-order valence-electron chi connectivity index (χ0n) is 12.4. The van der Waals surface area contributed by atoms with Crippen molar-refractivity contribution < 1.29 is 14.3 Å². The molecule has 0 aliphatic heterocycles. The monoisotopic (exact) mass is 294 g/mol. The highest BCUT2D eigenvalue weighted by Gasteiger charge is 2.07. The van der Waals surface area contributed by atoms with Crippen LogP contribution in [0.3, 0.4) is 0 Å². The van der Waals surface area contributed by atoms with Crippen molar-refractivity contribution in [1.82, 2.24) is 10.6 Å². The van der Waals surface area contributed by atoms with Crippen LogP contribution in [-0.2, 0) is 9.53 Å². The second-order valence-corrected chi connectivity index (χ2v) is 4.40. The van der Waals surface area contributed by atoms with Crippen LogP contribution < -0.4 is 21.7 Å². The number of methoxy groups -OCH3 is 1. The highest BCUT2D eigenvalue weighted by Crippen LogP contribution is 2.19. The maximum atomic E-state index is 11.5. The molecule has 5 N–H and O–H groups in total. The van der Waals surface area contributed by atoms with Gasteiger partial charge in [0, 0.05) is 39.2 Å². The van der Waals surface area contributed by atoms with Crippen LogP contribution in [0.1, 0.15) is 16.8 Å². The number of benzene rings is 1. The summed E-state index contributed by atoms with van der Waals surface area (Å²) >= 11 is 0. The summed E-state index contributed by atoms with van der Waals surface area (Å²) in [5.41, 5.74) is 7.54. The predicted molar refractivity (Wildman–Crippen MR) is 82.2 cm³/mol. The van der Waals surface area contributed by atoms with Crippen LogP contribution in [0.15, 0.2) is 18.2 Å². The predicted octanol–water partition coefficient (Wildman–Crippen LogP) is 0.193. The fourth-order valence-electron chi connectivity index (χ4n) is 1.70. The lowest BCUT2D eigenvalue weighted by Gasteiger charge is -2.10. The number of carbonyl (C=O) groups excluding carboxylic acids is 2. The van der Waals surface area contributed by atoms with E-state index in [1.165, 1.54) is 0 Å². The van der Waals surface area contributed by atoms with Crippen molar-refractivity contribution in [3.05, 3.63) is 23.8 Å². The van der Waals surface area contributed by atoms with Gasteiger partial charge in [-0.25, -0.2) is 0 Å². The molecule has 0 unspecified atom stereocenters. The van der Waals surface area contributed by atoms with E-state index in [9.17, 15) is 9.59 Å². The number of ether oxygens (including phenoxy) is 1. The molecule has 2 amide bonds. The first-order chi connectivity index (χ1) is 10.1. The Balaban J connectivity index is 2.42. The third-order valence-electron chi connectivity index (χ3n) is 2.84. The quantitative estimate of drug-likeness (QED) is 0.405. The van der Waals surface area contributed by atoms with Crippen LogP contribution in [0.5, 0.6) is 0 Å². The molecule has 0 fully saturated rings. The Morgan fingerprint density at radius 2 is 2.05 bits per heavy atom. The Labute approximate surface area is 124 Å². The number of amides is 2. The van der Waals surface area contributed by atoms with E-state index in [1.807, 2.05) is 0 Å². The van der Waals surface area contributed by atoms with Crippen molar-refractivity contribution in [2.45, 2.75) is 6.42 Å². The second-order valence-electron chi connectivity index (χ2n) is 4.40. The summed E-state index contributed by atoms with van der Waals surface area (Å²) in [5.74, 6) is -0.245. The van der Waals surface area contributed by atoms with Crippen molar-refractivity contribution >= 4 is 23.2 Å². The van der Waals surface area contributed by atoms with E-state index in [0.717, 1.165) is 0 Å². The molecule has 7 heteroatoms. The first-order valence-corrected chi connectivity index (χ1v) is 6.69. The first kappa shape index (κ1) is 16.8. The van der Waals surface area contributed by atoms with Gasteiger partial charge in [-0.15, -0.1) is 0 Å². The van der Waals surface area contributed by atoms with Gasteiger partial charge in [0.15, 0.2) is 0 Å². The van der Waals surface area contributed by atoms with Gasteiger partial charge in [0.1, 0.15) is 0 Å². The number of rotatable bonds is 8. The number of hydrogen-bond acceptors (Lipinski definition) is 5. The van der Waals surface area contributed by atoms with Crippen molar-refractivity contribution in [3.63, 3.8) is 0 Å². The SMILES string of the molecule is CNC(=O)c1ccc(NCCC(=O)NCCOC)c(N)c1. The fraction of sp³-hybridized carbons (Fsp3) is 0.429. The van der Waals surface area contributed by atoms with Crippen molar-refractivity contribution in [3.8, 4) is 0 Å². The fourth-order valence-corrected chi connectivity index (χ4v) is 1.70. The molecule has 0 aliphatic rings. The van der Waals surface area contributed by atoms with Crippen molar-refractivity contribution in [2.24, 2.45) is 0 Å². The number of carbonyl (C=O) groups is 2. The van der Waals surface area contributed by atoms with Gasteiger partial charge in [0.25, 0.3) is 5.91 Å². The minimum absolute atomic E-state index is 0.0555. The average molecular weight is 294 g/mol. The molecule has 7 nitrogen and oxygen atoms in total. The molecular formula is C14H22N4O3. The maximum Gasteiger partial charge on any atom is 0.251 e. The van der Waals surface area contributed by atoms with E-state index >= 15 is 0 Å². The number of nitrogens with two attached hydrogens (primary N) is 1. The standard InChI is InChI=1S/C14H22N4O3/c1-16-14(20)10-3-4-12(11(15)9-10)17-6-5-13(19)18-7-8-21-2/h3-4,9,17H,5-8,15H2,1-2H3,(H,16,20)(H,18,19). The van der Waals surface area contributed by atoms with Crippen molar-refractivity contribution in [2.75, 3.05) is 44.9 Å². The van der Waals surface area contributed by atoms with Gasteiger partial charge in [-0.3, -0.25) is 9.59 Å². The summed E-state index contributed by atoms with van der Waals surface area (Å²) in [5, 5.41) is 8.33. The second kappa shape index (κ2) is 8.80. The van der Waals surface area contributed by atoms with Crippen LogP contribution in [0.25, 0.3) is 0 Å². The van der Waals surface area contributed by atoms with E-state index in [-0.39, 0.29) is 11.8 Å². The van der Waals surface area contributed by atoms with E-state index < -0.39 is 0 Å². The van der Waals surface area contributed by atoms with E-state index in [1.54, 1.807) is 32.4 Å². The lowest BCUT2D eigenvalue weighted by atomic mass is 10.1. The largest absolute Gasteiger partial charge is 0.397 e. The number of nitrogens with one attached hydrogen (secondary N) is 3. The van der Waals surface area contributed by atoms with Crippen LogP contribution in [0, 0.1) is 0 Å². The molecule has 0 atom stereocenters. The van der Waals surface area contributed by atoms with Crippen LogP contribution >= 0.6 is 0 Å². The lowest BCUT2D eigenvalue weighted by Crippen LogP contribution is -2.28. The molecule has 0 saturated heterocycles. The molecule has 1 aromatic carbocycles. The zero-order valence-corrected chi connectivity index (χ0v) is 12.4. The van der Waals surface area contributed by atoms with Gasteiger partial charge in [0.2, 0.25) is 5.91 Å². The molecule has 1 aromatic rings. The van der Waals surface area contributed by atoms with E-state index in [2.05, 4.69) is 16.0 Å². The van der Waals surface area contributed by atoms with Crippen LogP contribution in [0.2, 0.25) is 0 Å². The summed E-state index contributed by atoms with van der Waals surface area (Å²) in [6, 6.07) is 5.00. The topological polar surface area (TPSA) is 105 Å². The number of nitrogen functional groups attached to an aromatic ring is 1. The smallest absolute Gasteiger partial charge is 0.251 e. The van der Waals surface area contributed by atoms with Gasteiger partial charge >= 0.3 is 0 Å². The van der Waals surface area contributed by atoms with Crippen LogP contribution in [-0.4, -0.2) is 45.7 Å². The molecule has 1 rings (SSSR count). The molecule has 0 aromatic heterocycles. The minimum Gasteiger partial charge on any atom is -0.397 e. The molecule has 0 heterocycles. The molecule has 116 valence electrons. The molecule has 0 radical (unpaired) electrons. The van der Waals surface area contributed by atoms with Crippen LogP contribution in [0.4, 0.5) is 11.4 Å². The molecule has 0 spiro atoms. The third-order valence-corrected chi connectivity index (χ3v) is 2.84. The molecule has 0 bridgehead atoms. The summed E-state index contributed by atoms with van der Waals surface area (Å²) in [6.45, 7) is 1.45. The van der Waals surface area contributed by atoms with Crippen molar-refractivity contribution in [1.29, 1.82) is 0 Å². The zero-order chi connectivity index (χ0) is 15.7. The van der Waals surface area contributed by atoms with E-state index in [4.69, 9.17) is 10.5 Å². The third kappa shape index (κ3) is 5.70. The Kier molecular flexibility index (Phi) is 7.03. The molecule has 21 heavy (non-hydrogen) atoms. The van der Waals surface area contributed by atoms with Gasteiger partial charge in [-0.1, -0.05) is 0 Å². The normalized spacial score (nSPS) is 10.0. The minimum atomic E-state index is -0.189. The Morgan fingerprint density at radius 1 is 1.29 bits per heavy atom. The first-order valence-electron chi connectivity index (χ1n) is 6.69. The van der Waals surface area contributed by atoms with E-state index in [0.29, 0.717) is 43.1 Å². The van der Waals surface area contributed by atoms with Gasteiger partial charge in [0.05, 0.1) is 18.0 Å². The molecular weight excluding hydrogens is 272 g/mol. The highest BCUT2D eigenvalue weighted by atomic mass is 16.5. The molecule has 0 aliphatic carbocycles. The maximum absolute atomic E-state index is 11.5.